The van der Waals surface area contributed by atoms with Gasteiger partial charge in [0, 0.05) is 23.0 Å². The third-order valence-electron chi connectivity index (χ3n) is 5.40. The fourth-order valence-electron chi connectivity index (χ4n) is 3.98. The second-order valence-corrected chi connectivity index (χ2v) is 7.20. The van der Waals surface area contributed by atoms with Crippen LogP contribution in [-0.4, -0.2) is 21.1 Å². The summed E-state index contributed by atoms with van der Waals surface area (Å²) in [6, 6.07) is 11.8. The lowest BCUT2D eigenvalue weighted by atomic mass is 9.73. The predicted octanol–water partition coefficient (Wildman–Crippen LogP) is 3.98. The average Bonchev–Trinajstić information content (AvgIpc) is 3.09. The zero-order valence-electron chi connectivity index (χ0n) is 15.0. The van der Waals surface area contributed by atoms with E-state index in [0.717, 1.165) is 0 Å². The van der Waals surface area contributed by atoms with Crippen LogP contribution in [0.2, 0.25) is 5.02 Å². The Morgan fingerprint density at radius 1 is 1.21 bits per heavy atom. The number of hydrogen-bond acceptors (Lipinski definition) is 4. The minimum absolute atomic E-state index is 0.347. The topological polar surface area (TPSA) is 75.1 Å². The number of nitrogens with one attached hydrogen (secondary N) is 1. The summed E-state index contributed by atoms with van der Waals surface area (Å²) in [7, 11) is 0. The zero-order valence-corrected chi connectivity index (χ0v) is 15.8. The van der Waals surface area contributed by atoms with Crippen molar-refractivity contribution in [3.05, 3.63) is 81.9 Å². The molecule has 1 atom stereocenters. The Hall–Kier alpha value is -2.83. The van der Waals surface area contributed by atoms with Crippen LogP contribution in [0.5, 0.6) is 0 Å². The Bertz CT molecular complexity index is 1090. The van der Waals surface area contributed by atoms with Crippen LogP contribution in [0.1, 0.15) is 28.8 Å². The first-order chi connectivity index (χ1) is 13.5. The van der Waals surface area contributed by atoms with E-state index in [1.165, 1.54) is 6.07 Å². The van der Waals surface area contributed by atoms with Gasteiger partial charge in [0.05, 0.1) is 5.02 Å². The predicted molar refractivity (Wildman–Crippen MR) is 103 cm³/mol. The molecule has 0 radical (unpaired) electrons. The van der Waals surface area contributed by atoms with Crippen molar-refractivity contribution in [1.29, 1.82) is 0 Å². The first-order valence-electron chi connectivity index (χ1n) is 8.80. The van der Waals surface area contributed by atoms with E-state index in [-0.39, 0.29) is 0 Å². The van der Waals surface area contributed by atoms with Gasteiger partial charge in [-0.1, -0.05) is 35.9 Å². The van der Waals surface area contributed by atoms with Crippen molar-refractivity contribution < 1.29 is 14.4 Å². The van der Waals surface area contributed by atoms with Crippen LogP contribution < -0.4 is 5.48 Å². The molecule has 28 heavy (non-hydrogen) atoms. The molecule has 0 saturated heterocycles. The highest BCUT2D eigenvalue weighted by Crippen LogP contribution is 2.45. The largest absolute Gasteiger partial charge is 0.289 e. The minimum Gasteiger partial charge on any atom is -0.289 e. The average molecular weight is 398 g/mol. The molecule has 1 amide bonds. The smallest absolute Gasteiger partial charge is 0.258 e. The lowest BCUT2D eigenvalue weighted by Crippen LogP contribution is -2.43. The lowest BCUT2D eigenvalue weighted by molar-refractivity contribution is -0.133. The van der Waals surface area contributed by atoms with E-state index in [1.807, 2.05) is 18.2 Å². The maximum absolute atomic E-state index is 14.2. The van der Waals surface area contributed by atoms with Crippen molar-refractivity contribution in [2.45, 2.75) is 25.2 Å². The number of hydroxylamine groups is 1. The molecule has 1 unspecified atom stereocenters. The standard InChI is InChI=1S/C21H17ClFN3O2/c1-12-14(6-4-8-17(12)23)21(20(27)26-28)10-9-18-15(21)11-24-19(25-18)13-5-2-3-7-16(13)22/h2-8,11,28H,9-10H2,1H3,(H,26,27). The monoisotopic (exact) mass is 397 g/mol. The number of carbonyl (C=O) groups is 1. The maximum atomic E-state index is 14.2. The Kier molecular flexibility index (Phi) is 4.61. The van der Waals surface area contributed by atoms with Crippen LogP contribution in [0, 0.1) is 12.7 Å². The molecule has 3 aromatic rings. The fourth-order valence-corrected chi connectivity index (χ4v) is 4.20. The molecule has 142 valence electrons. The van der Waals surface area contributed by atoms with Gasteiger partial charge in [-0.05, 0) is 49.1 Å². The first kappa shape index (κ1) is 18.5. The van der Waals surface area contributed by atoms with E-state index in [0.29, 0.717) is 51.6 Å². The Labute approximate surface area is 166 Å². The number of halogens is 2. The van der Waals surface area contributed by atoms with Gasteiger partial charge in [0.15, 0.2) is 5.82 Å². The van der Waals surface area contributed by atoms with E-state index in [1.54, 1.807) is 36.8 Å². The maximum Gasteiger partial charge on any atom is 0.258 e. The Morgan fingerprint density at radius 3 is 2.75 bits per heavy atom. The zero-order chi connectivity index (χ0) is 19.9. The first-order valence-corrected chi connectivity index (χ1v) is 9.18. The summed E-state index contributed by atoms with van der Waals surface area (Å²) in [5.74, 6) is -0.584. The quantitative estimate of drug-likeness (QED) is 0.517. The molecule has 7 heteroatoms. The van der Waals surface area contributed by atoms with Crippen molar-refractivity contribution in [2.24, 2.45) is 0 Å². The van der Waals surface area contributed by atoms with Crippen LogP contribution in [0.15, 0.2) is 48.7 Å². The number of carbonyl (C=O) groups excluding carboxylic acids is 1. The highest BCUT2D eigenvalue weighted by atomic mass is 35.5. The Balaban J connectivity index is 1.91. The number of hydrogen-bond donors (Lipinski definition) is 2. The minimum atomic E-state index is -1.25. The van der Waals surface area contributed by atoms with Gasteiger partial charge in [0.1, 0.15) is 11.2 Å². The molecular formula is C21H17ClFN3O2. The summed E-state index contributed by atoms with van der Waals surface area (Å²) in [5, 5.41) is 9.95. The molecule has 0 spiro atoms. The number of nitrogens with zero attached hydrogens (tertiary/aromatic N) is 2. The third-order valence-corrected chi connectivity index (χ3v) is 5.73. The van der Waals surface area contributed by atoms with Crippen molar-refractivity contribution in [3.8, 4) is 11.4 Å². The van der Waals surface area contributed by atoms with Gasteiger partial charge in [-0.15, -0.1) is 0 Å². The summed E-state index contributed by atoms with van der Waals surface area (Å²) in [4.78, 5) is 21.9. The molecule has 0 fully saturated rings. The van der Waals surface area contributed by atoms with Crippen molar-refractivity contribution >= 4 is 17.5 Å². The number of aromatic nitrogens is 2. The highest BCUT2D eigenvalue weighted by Gasteiger charge is 2.49. The summed E-state index contributed by atoms with van der Waals surface area (Å²) in [5.41, 5.74) is 3.27. The second-order valence-electron chi connectivity index (χ2n) is 6.79. The van der Waals surface area contributed by atoms with E-state index < -0.39 is 17.1 Å². The van der Waals surface area contributed by atoms with E-state index >= 15 is 0 Å². The van der Waals surface area contributed by atoms with Gasteiger partial charge in [-0.3, -0.25) is 10.0 Å². The van der Waals surface area contributed by atoms with Crippen molar-refractivity contribution in [3.63, 3.8) is 0 Å². The van der Waals surface area contributed by atoms with Crippen LogP contribution >= 0.6 is 11.6 Å². The normalized spacial score (nSPS) is 18.0. The molecule has 5 nitrogen and oxygen atoms in total. The van der Waals surface area contributed by atoms with E-state index in [2.05, 4.69) is 9.97 Å². The van der Waals surface area contributed by atoms with Gasteiger partial charge in [0.25, 0.3) is 5.91 Å². The molecule has 1 aliphatic rings. The third kappa shape index (κ3) is 2.68. The number of benzene rings is 2. The highest BCUT2D eigenvalue weighted by molar-refractivity contribution is 6.33. The lowest BCUT2D eigenvalue weighted by Gasteiger charge is -2.29. The molecule has 1 aliphatic carbocycles. The summed E-state index contributed by atoms with van der Waals surface area (Å²) < 4.78 is 14.2. The van der Waals surface area contributed by atoms with Gasteiger partial charge >= 0.3 is 0 Å². The molecule has 1 heterocycles. The molecule has 0 aliphatic heterocycles. The van der Waals surface area contributed by atoms with Gasteiger partial charge in [0.2, 0.25) is 0 Å². The number of fused-ring (bicyclic) bond motifs is 1. The summed E-state index contributed by atoms with van der Waals surface area (Å²) in [6.07, 6.45) is 2.41. The number of rotatable bonds is 3. The Morgan fingerprint density at radius 2 is 2.00 bits per heavy atom. The van der Waals surface area contributed by atoms with Gasteiger partial charge in [-0.2, -0.15) is 0 Å². The number of aryl methyl sites for hydroxylation is 1. The van der Waals surface area contributed by atoms with E-state index in [4.69, 9.17) is 11.6 Å². The van der Waals surface area contributed by atoms with Gasteiger partial charge in [-0.25, -0.2) is 19.8 Å². The van der Waals surface area contributed by atoms with Crippen LogP contribution in [0.3, 0.4) is 0 Å². The van der Waals surface area contributed by atoms with Gasteiger partial charge < -0.3 is 0 Å². The fraction of sp³-hybridized carbons (Fsp3) is 0.190. The molecule has 2 N–H and O–H groups in total. The van der Waals surface area contributed by atoms with Crippen molar-refractivity contribution in [2.75, 3.05) is 0 Å². The number of amides is 1. The molecule has 0 bridgehead atoms. The summed E-state index contributed by atoms with van der Waals surface area (Å²) >= 11 is 6.25. The van der Waals surface area contributed by atoms with Crippen LogP contribution in [0.25, 0.3) is 11.4 Å². The summed E-state index contributed by atoms with van der Waals surface area (Å²) in [6.45, 7) is 1.62. The van der Waals surface area contributed by atoms with Crippen LogP contribution in [0.4, 0.5) is 4.39 Å². The SMILES string of the molecule is Cc1c(F)cccc1C1(C(=O)NO)CCc2nc(-c3ccccc3Cl)ncc21. The molecule has 0 saturated carbocycles. The van der Waals surface area contributed by atoms with E-state index in [9.17, 15) is 14.4 Å². The molecule has 1 aromatic heterocycles. The van der Waals surface area contributed by atoms with Crippen molar-refractivity contribution in [1.82, 2.24) is 15.4 Å². The molecular weight excluding hydrogens is 381 g/mol. The molecule has 4 rings (SSSR count). The van der Waals surface area contributed by atoms with Crippen LogP contribution in [-0.2, 0) is 16.6 Å². The second kappa shape index (κ2) is 6.96. The molecule has 2 aromatic carbocycles.